The fraction of sp³-hybridized carbons (Fsp3) is 0.615. The second-order valence-corrected chi connectivity index (χ2v) is 8.83. The van der Waals surface area contributed by atoms with E-state index in [1.165, 1.54) is 7.11 Å². The molecule has 0 spiro atoms. The van der Waals surface area contributed by atoms with Crippen LogP contribution < -0.4 is 10.1 Å². The number of esters is 1. The number of benzene rings is 1. The molecule has 5 heteroatoms. The highest BCUT2D eigenvalue weighted by Gasteiger charge is 2.30. The molecule has 3 atom stereocenters. The minimum Gasteiger partial charge on any atom is -0.494 e. The predicted molar refractivity (Wildman–Crippen MR) is 126 cm³/mol. The SMILES string of the molecule is CC[C@H](NC(=O)[C@H](CC(C)C)[C@@H](C=CC(C)C)CCCOc1ccccc1)C(=O)OC. The number of methoxy groups -OCH3 is 1. The first-order valence-electron chi connectivity index (χ1n) is 11.5. The molecular weight excluding hydrogens is 390 g/mol. The Morgan fingerprint density at radius 1 is 1.06 bits per heavy atom. The van der Waals surface area contributed by atoms with Gasteiger partial charge in [0.2, 0.25) is 5.91 Å². The molecule has 31 heavy (non-hydrogen) atoms. The third-order valence-electron chi connectivity index (χ3n) is 5.23. The highest BCUT2D eigenvalue weighted by atomic mass is 16.5. The van der Waals surface area contributed by atoms with Crippen LogP contribution in [-0.4, -0.2) is 31.6 Å². The molecule has 0 saturated carbocycles. The van der Waals surface area contributed by atoms with Gasteiger partial charge in [-0.2, -0.15) is 0 Å². The molecule has 0 aromatic heterocycles. The summed E-state index contributed by atoms with van der Waals surface area (Å²) in [6, 6.07) is 9.16. The minimum absolute atomic E-state index is 0.0756. The van der Waals surface area contributed by atoms with Crippen molar-refractivity contribution in [3.05, 3.63) is 42.5 Å². The molecule has 0 bridgehead atoms. The minimum atomic E-state index is -0.608. The Hall–Kier alpha value is -2.30. The number of nitrogens with one attached hydrogen (secondary N) is 1. The monoisotopic (exact) mass is 431 g/mol. The van der Waals surface area contributed by atoms with Gasteiger partial charge in [-0.3, -0.25) is 4.79 Å². The van der Waals surface area contributed by atoms with Gasteiger partial charge in [-0.15, -0.1) is 0 Å². The first kappa shape index (κ1) is 26.7. The predicted octanol–water partition coefficient (Wildman–Crippen LogP) is 5.40. The van der Waals surface area contributed by atoms with E-state index in [4.69, 9.17) is 9.47 Å². The second kappa shape index (κ2) is 14.7. The van der Waals surface area contributed by atoms with Gasteiger partial charge in [-0.05, 0) is 55.6 Å². The molecule has 1 aromatic rings. The first-order valence-corrected chi connectivity index (χ1v) is 11.5. The summed E-state index contributed by atoms with van der Waals surface area (Å²) in [5.74, 6) is 1.04. The van der Waals surface area contributed by atoms with E-state index in [2.05, 4.69) is 45.2 Å². The molecule has 5 nitrogen and oxygen atoms in total. The Balaban J connectivity index is 2.89. The van der Waals surface area contributed by atoms with Gasteiger partial charge in [0.1, 0.15) is 11.8 Å². The highest BCUT2D eigenvalue weighted by Crippen LogP contribution is 2.27. The Kier molecular flexibility index (Phi) is 12.6. The average Bonchev–Trinajstić information content (AvgIpc) is 2.75. The van der Waals surface area contributed by atoms with E-state index in [-0.39, 0.29) is 17.7 Å². The van der Waals surface area contributed by atoms with Gasteiger partial charge < -0.3 is 14.8 Å². The lowest BCUT2D eigenvalue weighted by molar-refractivity contribution is -0.146. The molecule has 0 aliphatic rings. The molecule has 0 unspecified atom stereocenters. The van der Waals surface area contributed by atoms with Crippen LogP contribution in [0.25, 0.3) is 0 Å². The first-order chi connectivity index (χ1) is 14.8. The number of ether oxygens (including phenoxy) is 2. The molecule has 1 amide bonds. The van der Waals surface area contributed by atoms with Gasteiger partial charge in [0, 0.05) is 5.92 Å². The van der Waals surface area contributed by atoms with Gasteiger partial charge in [-0.25, -0.2) is 4.79 Å². The van der Waals surface area contributed by atoms with Crippen LogP contribution in [0.1, 0.15) is 60.3 Å². The van der Waals surface area contributed by atoms with Crippen molar-refractivity contribution in [3.8, 4) is 5.75 Å². The summed E-state index contributed by atoms with van der Waals surface area (Å²) in [5, 5.41) is 2.93. The summed E-state index contributed by atoms with van der Waals surface area (Å²) >= 11 is 0. The zero-order valence-corrected chi connectivity index (χ0v) is 20.1. The fourth-order valence-electron chi connectivity index (χ4n) is 3.56. The lowest BCUT2D eigenvalue weighted by atomic mass is 9.81. The van der Waals surface area contributed by atoms with E-state index in [1.54, 1.807) is 0 Å². The molecule has 1 aromatic carbocycles. The summed E-state index contributed by atoms with van der Waals surface area (Å²) in [6.45, 7) is 11.0. The summed E-state index contributed by atoms with van der Waals surface area (Å²) < 4.78 is 10.7. The van der Waals surface area contributed by atoms with Crippen molar-refractivity contribution in [3.63, 3.8) is 0 Å². The number of hydrogen-bond acceptors (Lipinski definition) is 4. The van der Waals surface area contributed by atoms with E-state index in [0.29, 0.717) is 24.9 Å². The van der Waals surface area contributed by atoms with Crippen molar-refractivity contribution in [1.29, 1.82) is 0 Å². The summed E-state index contributed by atoms with van der Waals surface area (Å²) in [7, 11) is 1.35. The molecule has 0 aliphatic carbocycles. The van der Waals surface area contributed by atoms with E-state index in [0.717, 1.165) is 25.0 Å². The van der Waals surface area contributed by atoms with E-state index in [1.807, 2.05) is 37.3 Å². The number of carbonyl (C=O) groups excluding carboxylic acids is 2. The normalized spacial score (nSPS) is 14.5. The Morgan fingerprint density at radius 3 is 2.29 bits per heavy atom. The van der Waals surface area contributed by atoms with Crippen LogP contribution >= 0.6 is 0 Å². The lowest BCUT2D eigenvalue weighted by Crippen LogP contribution is -2.45. The van der Waals surface area contributed by atoms with Crippen molar-refractivity contribution in [2.24, 2.45) is 23.7 Å². The Bertz CT molecular complexity index is 669. The molecule has 0 radical (unpaired) electrons. The number of allylic oxidation sites excluding steroid dienone is 2. The topological polar surface area (TPSA) is 64.6 Å². The lowest BCUT2D eigenvalue weighted by Gasteiger charge is -2.27. The molecular formula is C26H41NO4. The van der Waals surface area contributed by atoms with Gasteiger partial charge in [0.25, 0.3) is 0 Å². The fourth-order valence-corrected chi connectivity index (χ4v) is 3.56. The molecule has 0 heterocycles. The van der Waals surface area contributed by atoms with E-state index >= 15 is 0 Å². The van der Waals surface area contributed by atoms with Crippen LogP contribution in [0.15, 0.2) is 42.5 Å². The van der Waals surface area contributed by atoms with Crippen LogP contribution in [-0.2, 0) is 14.3 Å². The number of para-hydroxylation sites is 1. The van der Waals surface area contributed by atoms with Gasteiger partial charge in [0.15, 0.2) is 0 Å². The largest absolute Gasteiger partial charge is 0.494 e. The summed E-state index contributed by atoms with van der Waals surface area (Å²) in [5.41, 5.74) is 0. The zero-order chi connectivity index (χ0) is 23.2. The molecule has 0 fully saturated rings. The van der Waals surface area contributed by atoms with Crippen molar-refractivity contribution >= 4 is 11.9 Å². The standard InChI is InChI=1S/C26H41NO4/c1-7-24(26(29)30-6)27-25(28)23(18-20(4)5)21(16-15-19(2)3)12-11-17-31-22-13-9-8-10-14-22/h8-10,13-16,19-21,23-24H,7,11-12,17-18H2,1-6H3,(H,27,28)/t21-,23-,24+/m1/s1. The molecule has 0 aliphatic heterocycles. The Morgan fingerprint density at radius 2 is 1.74 bits per heavy atom. The third-order valence-corrected chi connectivity index (χ3v) is 5.23. The van der Waals surface area contributed by atoms with Crippen LogP contribution in [0.4, 0.5) is 0 Å². The molecule has 1 rings (SSSR count). The van der Waals surface area contributed by atoms with E-state index < -0.39 is 12.0 Å². The van der Waals surface area contributed by atoms with Crippen molar-refractivity contribution in [1.82, 2.24) is 5.32 Å². The summed E-state index contributed by atoms with van der Waals surface area (Å²) in [4.78, 5) is 25.2. The highest BCUT2D eigenvalue weighted by molar-refractivity contribution is 5.86. The average molecular weight is 432 g/mol. The van der Waals surface area contributed by atoms with Crippen molar-refractivity contribution < 1.29 is 19.1 Å². The second-order valence-electron chi connectivity index (χ2n) is 8.83. The molecule has 174 valence electrons. The molecule has 1 N–H and O–H groups in total. The zero-order valence-electron chi connectivity index (χ0n) is 20.1. The molecule has 0 saturated heterocycles. The van der Waals surface area contributed by atoms with Gasteiger partial charge in [-0.1, -0.05) is 65.0 Å². The van der Waals surface area contributed by atoms with Crippen LogP contribution in [0, 0.1) is 23.7 Å². The van der Waals surface area contributed by atoms with Crippen LogP contribution in [0.2, 0.25) is 0 Å². The van der Waals surface area contributed by atoms with Crippen molar-refractivity contribution in [2.45, 2.75) is 66.3 Å². The smallest absolute Gasteiger partial charge is 0.328 e. The number of hydrogen-bond donors (Lipinski definition) is 1. The number of carbonyl (C=O) groups is 2. The van der Waals surface area contributed by atoms with Gasteiger partial charge in [0.05, 0.1) is 13.7 Å². The maximum absolute atomic E-state index is 13.2. The van der Waals surface area contributed by atoms with Crippen LogP contribution in [0.3, 0.4) is 0 Å². The van der Waals surface area contributed by atoms with Crippen molar-refractivity contribution in [2.75, 3.05) is 13.7 Å². The number of rotatable bonds is 14. The maximum Gasteiger partial charge on any atom is 0.328 e. The van der Waals surface area contributed by atoms with Gasteiger partial charge >= 0.3 is 5.97 Å². The number of amides is 1. The quantitative estimate of drug-likeness (QED) is 0.243. The maximum atomic E-state index is 13.2. The Labute approximate surface area is 188 Å². The van der Waals surface area contributed by atoms with Crippen LogP contribution in [0.5, 0.6) is 5.75 Å². The van der Waals surface area contributed by atoms with E-state index in [9.17, 15) is 9.59 Å². The third kappa shape index (κ3) is 10.5. The summed E-state index contributed by atoms with van der Waals surface area (Å²) in [6.07, 6.45) is 7.30.